The Kier molecular flexibility index (Phi) is 4.88. The average molecular weight is 283 g/mol. The molecular weight excluding hydrogens is 265 g/mol. The van der Waals surface area contributed by atoms with Crippen LogP contribution in [0.25, 0.3) is 6.08 Å². The third-order valence-electron chi connectivity index (χ3n) is 3.27. The van der Waals surface area contributed by atoms with Crippen LogP contribution in [0.5, 0.6) is 0 Å². The number of rotatable bonds is 4. The molecule has 1 amide bonds. The largest absolute Gasteiger partial charge is 0.322 e. The van der Waals surface area contributed by atoms with Crippen molar-refractivity contribution in [3.8, 4) is 0 Å². The number of benzene rings is 2. The van der Waals surface area contributed by atoms with Gasteiger partial charge in [0.1, 0.15) is 5.82 Å². The van der Waals surface area contributed by atoms with Gasteiger partial charge in [0.15, 0.2) is 0 Å². The van der Waals surface area contributed by atoms with Crippen molar-refractivity contribution in [1.29, 1.82) is 0 Å². The zero-order valence-corrected chi connectivity index (χ0v) is 12.2. The lowest BCUT2D eigenvalue weighted by atomic mass is 10.1. The van der Waals surface area contributed by atoms with Crippen LogP contribution in [0.15, 0.2) is 48.5 Å². The fourth-order valence-corrected chi connectivity index (χ4v) is 1.94. The molecule has 0 radical (unpaired) electrons. The van der Waals surface area contributed by atoms with E-state index in [1.165, 1.54) is 23.8 Å². The number of anilines is 1. The smallest absolute Gasteiger partial charge is 0.248 e. The summed E-state index contributed by atoms with van der Waals surface area (Å²) in [6, 6.07) is 12.3. The summed E-state index contributed by atoms with van der Waals surface area (Å²) >= 11 is 0. The lowest BCUT2D eigenvalue weighted by molar-refractivity contribution is -0.111. The van der Waals surface area contributed by atoms with Gasteiger partial charge in [-0.2, -0.15) is 0 Å². The molecule has 0 atom stereocenters. The van der Waals surface area contributed by atoms with Crippen molar-refractivity contribution in [2.24, 2.45) is 0 Å². The first-order valence-electron chi connectivity index (χ1n) is 6.92. The molecule has 1 N–H and O–H groups in total. The summed E-state index contributed by atoms with van der Waals surface area (Å²) < 4.78 is 13.2. The summed E-state index contributed by atoms with van der Waals surface area (Å²) in [5, 5.41) is 2.68. The number of halogens is 1. The Hall–Kier alpha value is -2.42. The van der Waals surface area contributed by atoms with E-state index >= 15 is 0 Å². The summed E-state index contributed by atoms with van der Waals surface area (Å²) in [7, 11) is 0. The molecule has 21 heavy (non-hydrogen) atoms. The van der Waals surface area contributed by atoms with Crippen molar-refractivity contribution in [3.05, 3.63) is 71.0 Å². The molecular formula is C18H18FNO. The number of aryl methyl sites for hydroxylation is 2. The topological polar surface area (TPSA) is 29.1 Å². The van der Waals surface area contributed by atoms with Crippen molar-refractivity contribution in [1.82, 2.24) is 0 Å². The summed E-state index contributed by atoms with van der Waals surface area (Å²) in [6.45, 7) is 3.92. The van der Waals surface area contributed by atoms with Gasteiger partial charge in [-0.25, -0.2) is 4.39 Å². The highest BCUT2D eigenvalue weighted by Crippen LogP contribution is 2.16. The highest BCUT2D eigenvalue weighted by atomic mass is 19.1. The summed E-state index contributed by atoms with van der Waals surface area (Å²) in [5.74, 6) is -0.640. The molecule has 2 aromatic rings. The molecule has 0 aliphatic carbocycles. The minimum Gasteiger partial charge on any atom is -0.322 e. The van der Waals surface area contributed by atoms with Gasteiger partial charge < -0.3 is 5.32 Å². The van der Waals surface area contributed by atoms with E-state index in [4.69, 9.17) is 0 Å². The molecule has 2 rings (SSSR count). The van der Waals surface area contributed by atoms with Gasteiger partial charge >= 0.3 is 0 Å². The maximum Gasteiger partial charge on any atom is 0.248 e. The lowest BCUT2D eigenvalue weighted by Crippen LogP contribution is -2.09. The first-order chi connectivity index (χ1) is 10.1. The van der Waals surface area contributed by atoms with Crippen LogP contribution in [-0.4, -0.2) is 5.91 Å². The molecule has 0 saturated heterocycles. The number of hydrogen-bond donors (Lipinski definition) is 1. The minimum atomic E-state index is -0.366. The third-order valence-corrected chi connectivity index (χ3v) is 3.27. The Labute approximate surface area is 124 Å². The molecule has 0 heterocycles. The molecule has 0 unspecified atom stereocenters. The van der Waals surface area contributed by atoms with Gasteiger partial charge in [0, 0.05) is 11.8 Å². The number of amides is 1. The van der Waals surface area contributed by atoms with E-state index in [-0.39, 0.29) is 11.7 Å². The Morgan fingerprint density at radius 3 is 2.57 bits per heavy atom. The van der Waals surface area contributed by atoms with Crippen molar-refractivity contribution >= 4 is 17.7 Å². The zero-order chi connectivity index (χ0) is 15.2. The Morgan fingerprint density at radius 2 is 1.90 bits per heavy atom. The second-order valence-electron chi connectivity index (χ2n) is 4.88. The highest BCUT2D eigenvalue weighted by Gasteiger charge is 2.03. The number of carbonyl (C=O) groups excluding carboxylic acids is 1. The second kappa shape index (κ2) is 6.84. The van der Waals surface area contributed by atoms with Crippen molar-refractivity contribution in [3.63, 3.8) is 0 Å². The summed E-state index contributed by atoms with van der Waals surface area (Å²) in [6.07, 6.45) is 4.18. The zero-order valence-electron chi connectivity index (χ0n) is 12.2. The van der Waals surface area contributed by atoms with Crippen molar-refractivity contribution in [2.45, 2.75) is 20.3 Å². The van der Waals surface area contributed by atoms with E-state index < -0.39 is 0 Å². The second-order valence-corrected chi connectivity index (χ2v) is 4.88. The molecule has 0 spiro atoms. The van der Waals surface area contributed by atoms with Crippen LogP contribution in [0, 0.1) is 12.7 Å². The van der Waals surface area contributed by atoms with Gasteiger partial charge in [0.05, 0.1) is 0 Å². The molecule has 2 aromatic carbocycles. The first kappa shape index (κ1) is 15.0. The minimum absolute atomic E-state index is 0.275. The normalized spacial score (nSPS) is 10.8. The molecule has 3 heteroatoms. The number of nitrogens with one attached hydrogen (secondary N) is 1. The number of carbonyl (C=O) groups is 1. The maximum atomic E-state index is 13.2. The van der Waals surface area contributed by atoms with Gasteiger partial charge in [-0.1, -0.05) is 37.3 Å². The van der Waals surface area contributed by atoms with Gasteiger partial charge in [0.25, 0.3) is 0 Å². The van der Waals surface area contributed by atoms with Crippen LogP contribution in [0.4, 0.5) is 10.1 Å². The van der Waals surface area contributed by atoms with Crippen molar-refractivity contribution < 1.29 is 9.18 Å². The van der Waals surface area contributed by atoms with Crippen LogP contribution in [0.2, 0.25) is 0 Å². The molecule has 0 bridgehead atoms. The van der Waals surface area contributed by atoms with Crippen LogP contribution in [-0.2, 0) is 11.2 Å². The quantitative estimate of drug-likeness (QED) is 0.830. The molecule has 0 aliphatic rings. The van der Waals surface area contributed by atoms with Crippen LogP contribution < -0.4 is 5.32 Å². The van der Waals surface area contributed by atoms with E-state index in [0.717, 1.165) is 17.5 Å². The predicted octanol–water partition coefficient (Wildman–Crippen LogP) is 4.35. The Balaban J connectivity index is 2.03. The van der Waals surface area contributed by atoms with E-state index in [1.54, 1.807) is 12.1 Å². The first-order valence-corrected chi connectivity index (χ1v) is 6.92. The SMILES string of the molecule is CCc1ccc(/C=C/C(=O)Nc2cc(F)ccc2C)cc1. The average Bonchev–Trinajstić information content (AvgIpc) is 2.49. The molecule has 0 aromatic heterocycles. The van der Waals surface area contributed by atoms with E-state index in [1.807, 2.05) is 31.2 Å². The predicted molar refractivity (Wildman–Crippen MR) is 84.6 cm³/mol. The Bertz CT molecular complexity index is 659. The van der Waals surface area contributed by atoms with E-state index in [0.29, 0.717) is 5.69 Å². The van der Waals surface area contributed by atoms with Crippen LogP contribution in [0.3, 0.4) is 0 Å². The maximum absolute atomic E-state index is 13.2. The fraction of sp³-hybridized carbons (Fsp3) is 0.167. The van der Waals surface area contributed by atoms with Gasteiger partial charge in [-0.15, -0.1) is 0 Å². The summed E-state index contributed by atoms with van der Waals surface area (Å²) in [5.41, 5.74) is 3.53. The molecule has 0 aliphatic heterocycles. The molecule has 0 fully saturated rings. The lowest BCUT2D eigenvalue weighted by Gasteiger charge is -2.06. The van der Waals surface area contributed by atoms with Gasteiger partial charge in [-0.3, -0.25) is 4.79 Å². The summed E-state index contributed by atoms with van der Waals surface area (Å²) in [4.78, 5) is 11.9. The molecule has 108 valence electrons. The van der Waals surface area contributed by atoms with E-state index in [2.05, 4.69) is 12.2 Å². The van der Waals surface area contributed by atoms with Gasteiger partial charge in [0.2, 0.25) is 5.91 Å². The van der Waals surface area contributed by atoms with Crippen LogP contribution in [0.1, 0.15) is 23.6 Å². The number of hydrogen-bond acceptors (Lipinski definition) is 1. The van der Waals surface area contributed by atoms with Crippen molar-refractivity contribution in [2.75, 3.05) is 5.32 Å². The van der Waals surface area contributed by atoms with Crippen LogP contribution >= 0.6 is 0 Å². The molecule has 0 saturated carbocycles. The molecule has 2 nitrogen and oxygen atoms in total. The highest BCUT2D eigenvalue weighted by molar-refractivity contribution is 6.02. The Morgan fingerprint density at radius 1 is 1.19 bits per heavy atom. The van der Waals surface area contributed by atoms with Gasteiger partial charge in [-0.05, 0) is 48.2 Å². The van der Waals surface area contributed by atoms with E-state index in [9.17, 15) is 9.18 Å². The monoisotopic (exact) mass is 283 g/mol. The third kappa shape index (κ3) is 4.28. The fourth-order valence-electron chi connectivity index (χ4n) is 1.94. The standard InChI is InChI=1S/C18H18FNO/c1-3-14-5-7-15(8-6-14)9-11-18(21)20-17-12-16(19)10-4-13(17)2/h4-12H,3H2,1-2H3,(H,20,21)/b11-9+.